The van der Waals surface area contributed by atoms with E-state index in [0.29, 0.717) is 29.4 Å². The van der Waals surface area contributed by atoms with Crippen LogP contribution in [0.2, 0.25) is 10.0 Å². The lowest BCUT2D eigenvalue weighted by molar-refractivity contribution is -0.138. The quantitative estimate of drug-likeness (QED) is 0.902. The molecule has 1 N–H and O–H groups in total. The van der Waals surface area contributed by atoms with Gasteiger partial charge in [0.1, 0.15) is 11.1 Å². The Labute approximate surface area is 148 Å². The first kappa shape index (κ1) is 16.8. The summed E-state index contributed by atoms with van der Waals surface area (Å²) in [6.07, 6.45) is 2.67. The SMILES string of the molecule is Cc1ccc(-n2ncc(N3CCC[C@H]3C(=O)O)c(Cl)c2=O)cc1Cl. The van der Waals surface area contributed by atoms with E-state index >= 15 is 0 Å². The van der Waals surface area contributed by atoms with Crippen molar-refractivity contribution in [1.29, 1.82) is 0 Å². The smallest absolute Gasteiger partial charge is 0.326 e. The minimum atomic E-state index is -0.932. The number of aromatic nitrogens is 2. The Morgan fingerprint density at radius 3 is 2.79 bits per heavy atom. The summed E-state index contributed by atoms with van der Waals surface area (Å²) in [5.74, 6) is -0.932. The largest absolute Gasteiger partial charge is 0.480 e. The van der Waals surface area contributed by atoms with E-state index in [-0.39, 0.29) is 5.02 Å². The zero-order valence-electron chi connectivity index (χ0n) is 12.9. The van der Waals surface area contributed by atoms with Crippen molar-refractivity contribution < 1.29 is 9.90 Å². The van der Waals surface area contributed by atoms with E-state index in [9.17, 15) is 14.7 Å². The molecule has 1 aromatic carbocycles. The van der Waals surface area contributed by atoms with Gasteiger partial charge in [0, 0.05) is 11.6 Å². The summed E-state index contributed by atoms with van der Waals surface area (Å²) in [7, 11) is 0. The number of carboxylic acid groups (broad SMARTS) is 1. The first-order valence-corrected chi connectivity index (χ1v) is 8.19. The van der Waals surface area contributed by atoms with Crippen LogP contribution in [0.25, 0.3) is 5.69 Å². The fraction of sp³-hybridized carbons (Fsp3) is 0.312. The summed E-state index contributed by atoms with van der Waals surface area (Å²) in [6, 6.07) is 4.46. The van der Waals surface area contributed by atoms with Gasteiger partial charge in [0.2, 0.25) is 0 Å². The van der Waals surface area contributed by atoms with Crippen LogP contribution in [0, 0.1) is 6.92 Å². The molecule has 1 aliphatic heterocycles. The van der Waals surface area contributed by atoms with Crippen LogP contribution in [0.3, 0.4) is 0 Å². The van der Waals surface area contributed by atoms with Crippen molar-refractivity contribution in [3.05, 3.63) is 50.4 Å². The Hall–Kier alpha value is -2.05. The maximum absolute atomic E-state index is 12.6. The van der Waals surface area contributed by atoms with E-state index in [2.05, 4.69) is 5.10 Å². The zero-order valence-corrected chi connectivity index (χ0v) is 14.4. The average molecular weight is 368 g/mol. The summed E-state index contributed by atoms with van der Waals surface area (Å²) in [5, 5.41) is 13.9. The number of carboxylic acids is 1. The molecular weight excluding hydrogens is 353 g/mol. The van der Waals surface area contributed by atoms with Crippen LogP contribution in [0.1, 0.15) is 18.4 Å². The normalized spacial score (nSPS) is 17.3. The maximum atomic E-state index is 12.6. The molecule has 0 amide bonds. The molecule has 6 nitrogen and oxygen atoms in total. The highest BCUT2D eigenvalue weighted by Crippen LogP contribution is 2.29. The van der Waals surface area contributed by atoms with Gasteiger partial charge in [0.25, 0.3) is 5.56 Å². The number of halogens is 2. The second kappa shape index (κ2) is 6.45. The number of nitrogens with zero attached hydrogens (tertiary/aromatic N) is 3. The van der Waals surface area contributed by atoms with Crippen LogP contribution in [0.5, 0.6) is 0 Å². The van der Waals surface area contributed by atoms with Gasteiger partial charge >= 0.3 is 5.97 Å². The first-order valence-electron chi connectivity index (χ1n) is 7.44. The third-order valence-electron chi connectivity index (χ3n) is 4.15. The molecule has 0 spiro atoms. The van der Waals surface area contributed by atoms with E-state index in [4.69, 9.17) is 23.2 Å². The minimum absolute atomic E-state index is 0.0464. The molecule has 1 atom stereocenters. The lowest BCUT2D eigenvalue weighted by Crippen LogP contribution is -2.37. The summed E-state index contributed by atoms with van der Waals surface area (Å²) >= 11 is 12.3. The van der Waals surface area contributed by atoms with Gasteiger partial charge in [-0.1, -0.05) is 29.3 Å². The Morgan fingerprint density at radius 2 is 2.12 bits per heavy atom. The number of aryl methyl sites for hydroxylation is 1. The van der Waals surface area contributed by atoms with Gasteiger partial charge in [-0.15, -0.1) is 0 Å². The van der Waals surface area contributed by atoms with Crippen molar-refractivity contribution in [2.75, 3.05) is 11.4 Å². The summed E-state index contributed by atoms with van der Waals surface area (Å²) in [4.78, 5) is 25.5. The molecule has 2 heterocycles. The molecule has 126 valence electrons. The minimum Gasteiger partial charge on any atom is -0.480 e. The molecule has 0 aliphatic carbocycles. The fourth-order valence-corrected chi connectivity index (χ4v) is 3.25. The summed E-state index contributed by atoms with van der Waals surface area (Å²) < 4.78 is 1.16. The molecule has 0 unspecified atom stereocenters. The van der Waals surface area contributed by atoms with Crippen molar-refractivity contribution in [3.8, 4) is 5.69 Å². The second-order valence-corrected chi connectivity index (χ2v) is 6.47. The molecule has 1 saturated heterocycles. The number of benzene rings is 1. The number of hydrogen-bond donors (Lipinski definition) is 1. The third kappa shape index (κ3) is 2.87. The van der Waals surface area contributed by atoms with Gasteiger partial charge < -0.3 is 10.0 Å². The van der Waals surface area contributed by atoms with E-state index < -0.39 is 17.6 Å². The standard InChI is InChI=1S/C16H15Cl2N3O3/c1-9-4-5-10(7-11(9)17)21-15(22)14(18)13(8-19-21)20-6-2-3-12(20)16(23)24/h4-5,7-8,12H,2-3,6H2,1H3,(H,23,24)/t12-/m0/s1. The number of rotatable bonds is 3. The maximum Gasteiger partial charge on any atom is 0.326 e. The predicted molar refractivity (Wildman–Crippen MR) is 92.6 cm³/mol. The van der Waals surface area contributed by atoms with Crippen LogP contribution in [-0.4, -0.2) is 33.4 Å². The van der Waals surface area contributed by atoms with Crippen molar-refractivity contribution in [3.63, 3.8) is 0 Å². The van der Waals surface area contributed by atoms with Gasteiger partial charge in [-0.05, 0) is 37.5 Å². The molecule has 1 fully saturated rings. The molecule has 0 radical (unpaired) electrons. The molecule has 1 aliphatic rings. The van der Waals surface area contributed by atoms with Crippen LogP contribution in [0.4, 0.5) is 5.69 Å². The molecule has 1 aromatic heterocycles. The Bertz CT molecular complexity index is 866. The third-order valence-corrected chi connectivity index (χ3v) is 4.91. The van der Waals surface area contributed by atoms with Crippen LogP contribution >= 0.6 is 23.2 Å². The van der Waals surface area contributed by atoms with Crippen LogP contribution in [0.15, 0.2) is 29.2 Å². The first-order chi connectivity index (χ1) is 11.4. The Morgan fingerprint density at radius 1 is 1.38 bits per heavy atom. The highest BCUT2D eigenvalue weighted by molar-refractivity contribution is 6.33. The number of carbonyl (C=O) groups is 1. The van der Waals surface area contributed by atoms with Crippen molar-refractivity contribution in [2.24, 2.45) is 0 Å². The highest BCUT2D eigenvalue weighted by Gasteiger charge is 2.32. The molecule has 24 heavy (non-hydrogen) atoms. The Balaban J connectivity index is 2.05. The van der Waals surface area contributed by atoms with Crippen LogP contribution in [-0.2, 0) is 4.79 Å². The predicted octanol–water partition coefficient (Wildman–Crippen LogP) is 2.90. The molecule has 0 saturated carbocycles. The number of anilines is 1. The number of aliphatic carboxylic acids is 1. The molecule has 3 rings (SSSR count). The van der Waals surface area contributed by atoms with Crippen molar-refractivity contribution in [1.82, 2.24) is 9.78 Å². The van der Waals surface area contributed by atoms with Crippen molar-refractivity contribution in [2.45, 2.75) is 25.8 Å². The topological polar surface area (TPSA) is 75.4 Å². The Kier molecular flexibility index (Phi) is 4.51. The van der Waals surface area contributed by atoms with E-state index in [0.717, 1.165) is 16.7 Å². The highest BCUT2D eigenvalue weighted by atomic mass is 35.5. The van der Waals surface area contributed by atoms with E-state index in [1.54, 1.807) is 23.1 Å². The molecule has 0 bridgehead atoms. The second-order valence-electron chi connectivity index (χ2n) is 5.68. The lowest BCUT2D eigenvalue weighted by Gasteiger charge is -2.24. The molecular formula is C16H15Cl2N3O3. The summed E-state index contributed by atoms with van der Waals surface area (Å²) in [6.45, 7) is 2.38. The number of hydrogen-bond acceptors (Lipinski definition) is 4. The van der Waals surface area contributed by atoms with Gasteiger partial charge in [-0.2, -0.15) is 9.78 Å². The fourth-order valence-electron chi connectivity index (χ4n) is 2.83. The van der Waals surface area contributed by atoms with Gasteiger partial charge in [0.15, 0.2) is 0 Å². The van der Waals surface area contributed by atoms with E-state index in [1.807, 2.05) is 6.92 Å². The van der Waals surface area contributed by atoms with E-state index in [1.165, 1.54) is 6.20 Å². The van der Waals surface area contributed by atoms with Crippen molar-refractivity contribution >= 4 is 34.9 Å². The van der Waals surface area contributed by atoms with Crippen LogP contribution < -0.4 is 10.5 Å². The van der Waals surface area contributed by atoms with Gasteiger partial charge in [-0.3, -0.25) is 4.79 Å². The van der Waals surface area contributed by atoms with Gasteiger partial charge in [-0.25, -0.2) is 4.79 Å². The molecule has 8 heteroatoms. The van der Waals surface area contributed by atoms with Gasteiger partial charge in [0.05, 0.1) is 17.6 Å². The molecule has 2 aromatic rings. The zero-order chi connectivity index (χ0) is 17.4. The summed E-state index contributed by atoms with van der Waals surface area (Å²) in [5.41, 5.74) is 1.23. The monoisotopic (exact) mass is 367 g/mol. The lowest BCUT2D eigenvalue weighted by atomic mass is 10.2. The average Bonchev–Trinajstić information content (AvgIpc) is 3.02.